The molecular formula is C19H18N2O3S. The molecule has 3 rings (SSSR count). The van der Waals surface area contributed by atoms with Gasteiger partial charge in [-0.05, 0) is 36.4 Å². The lowest BCUT2D eigenvalue weighted by Gasteiger charge is -2.07. The van der Waals surface area contributed by atoms with E-state index in [4.69, 9.17) is 9.47 Å². The summed E-state index contributed by atoms with van der Waals surface area (Å²) in [5.74, 6) is 1.19. The van der Waals surface area contributed by atoms with Crippen molar-refractivity contribution in [2.45, 2.75) is 6.54 Å². The van der Waals surface area contributed by atoms with E-state index in [2.05, 4.69) is 10.3 Å². The van der Waals surface area contributed by atoms with Gasteiger partial charge in [-0.15, -0.1) is 11.3 Å². The van der Waals surface area contributed by atoms with Gasteiger partial charge in [-0.25, -0.2) is 4.98 Å². The molecule has 0 bridgehead atoms. The highest BCUT2D eigenvalue weighted by Gasteiger charge is 2.05. The van der Waals surface area contributed by atoms with Crippen molar-refractivity contribution in [2.75, 3.05) is 14.2 Å². The Morgan fingerprint density at radius 1 is 1.20 bits per heavy atom. The van der Waals surface area contributed by atoms with Crippen LogP contribution in [0.25, 0.3) is 16.3 Å². The minimum atomic E-state index is -0.191. The molecule has 25 heavy (non-hydrogen) atoms. The van der Waals surface area contributed by atoms with Crippen molar-refractivity contribution in [2.24, 2.45) is 0 Å². The van der Waals surface area contributed by atoms with Crippen molar-refractivity contribution in [1.82, 2.24) is 10.3 Å². The van der Waals surface area contributed by atoms with Crippen LogP contribution in [0.15, 0.2) is 48.5 Å². The average molecular weight is 354 g/mol. The van der Waals surface area contributed by atoms with E-state index in [1.165, 1.54) is 6.08 Å². The third-order valence-electron chi connectivity index (χ3n) is 3.60. The topological polar surface area (TPSA) is 60.5 Å². The molecule has 1 amide bonds. The summed E-state index contributed by atoms with van der Waals surface area (Å²) in [7, 11) is 3.19. The summed E-state index contributed by atoms with van der Waals surface area (Å²) in [5, 5.41) is 3.72. The molecule has 5 nitrogen and oxygen atoms in total. The zero-order valence-corrected chi connectivity index (χ0v) is 14.8. The number of fused-ring (bicyclic) bond motifs is 1. The van der Waals surface area contributed by atoms with E-state index in [9.17, 15) is 4.79 Å². The number of hydrogen-bond acceptors (Lipinski definition) is 5. The van der Waals surface area contributed by atoms with Gasteiger partial charge in [0, 0.05) is 11.6 Å². The molecule has 0 saturated heterocycles. The second kappa shape index (κ2) is 7.81. The standard InChI is InChI=1S/C19H18N2O3S/c1-23-14-8-9-16(24-2)13(11-14)7-10-18(22)20-12-19-21-15-5-3-4-6-17(15)25-19/h3-11H,12H2,1-2H3,(H,20,22)/b10-7+. The van der Waals surface area contributed by atoms with Crippen LogP contribution < -0.4 is 14.8 Å². The van der Waals surface area contributed by atoms with Gasteiger partial charge in [-0.1, -0.05) is 12.1 Å². The Labute approximate surface area is 149 Å². The van der Waals surface area contributed by atoms with Crippen LogP contribution in [0.3, 0.4) is 0 Å². The van der Waals surface area contributed by atoms with Crippen molar-refractivity contribution in [3.8, 4) is 11.5 Å². The van der Waals surface area contributed by atoms with E-state index < -0.39 is 0 Å². The van der Waals surface area contributed by atoms with Crippen LogP contribution in [0, 0.1) is 0 Å². The first kappa shape index (κ1) is 17.0. The van der Waals surface area contributed by atoms with E-state index in [1.807, 2.05) is 36.4 Å². The van der Waals surface area contributed by atoms with Gasteiger partial charge in [-0.2, -0.15) is 0 Å². The third kappa shape index (κ3) is 4.16. The lowest BCUT2D eigenvalue weighted by atomic mass is 10.1. The van der Waals surface area contributed by atoms with Crippen molar-refractivity contribution in [3.05, 3.63) is 59.1 Å². The van der Waals surface area contributed by atoms with Crippen LogP contribution in [-0.4, -0.2) is 25.1 Å². The van der Waals surface area contributed by atoms with Crippen LogP contribution in [0.4, 0.5) is 0 Å². The fourth-order valence-corrected chi connectivity index (χ4v) is 3.26. The Morgan fingerprint density at radius 2 is 2.04 bits per heavy atom. The molecule has 0 spiro atoms. The largest absolute Gasteiger partial charge is 0.497 e. The molecule has 6 heteroatoms. The second-order valence-corrected chi connectivity index (χ2v) is 6.35. The van der Waals surface area contributed by atoms with Gasteiger partial charge in [0.1, 0.15) is 16.5 Å². The van der Waals surface area contributed by atoms with Gasteiger partial charge in [0.2, 0.25) is 5.91 Å². The summed E-state index contributed by atoms with van der Waals surface area (Å²) in [6, 6.07) is 13.3. The second-order valence-electron chi connectivity index (χ2n) is 5.23. The van der Waals surface area contributed by atoms with Gasteiger partial charge < -0.3 is 14.8 Å². The Morgan fingerprint density at radius 3 is 2.80 bits per heavy atom. The van der Waals surface area contributed by atoms with Gasteiger partial charge in [0.05, 0.1) is 31.0 Å². The number of para-hydroxylation sites is 1. The summed E-state index contributed by atoms with van der Waals surface area (Å²) in [5.41, 5.74) is 1.73. The van der Waals surface area contributed by atoms with Crippen LogP contribution >= 0.6 is 11.3 Å². The minimum Gasteiger partial charge on any atom is -0.497 e. The van der Waals surface area contributed by atoms with Crippen molar-refractivity contribution in [3.63, 3.8) is 0 Å². The first-order valence-electron chi connectivity index (χ1n) is 7.72. The van der Waals surface area contributed by atoms with Crippen LogP contribution in [0.5, 0.6) is 11.5 Å². The van der Waals surface area contributed by atoms with Crippen molar-refractivity contribution < 1.29 is 14.3 Å². The molecule has 1 heterocycles. The van der Waals surface area contributed by atoms with Gasteiger partial charge in [0.15, 0.2) is 0 Å². The normalized spacial score (nSPS) is 11.0. The number of ether oxygens (including phenoxy) is 2. The highest BCUT2D eigenvalue weighted by molar-refractivity contribution is 7.18. The molecule has 1 N–H and O–H groups in total. The number of hydrogen-bond donors (Lipinski definition) is 1. The summed E-state index contributed by atoms with van der Waals surface area (Å²) >= 11 is 1.58. The molecule has 0 aliphatic rings. The zero-order valence-electron chi connectivity index (χ0n) is 14.0. The molecule has 128 valence electrons. The number of amides is 1. The molecular weight excluding hydrogens is 336 g/mol. The predicted molar refractivity (Wildman–Crippen MR) is 100 cm³/mol. The average Bonchev–Trinajstić information content (AvgIpc) is 3.07. The first-order chi connectivity index (χ1) is 12.2. The molecule has 0 atom stereocenters. The monoisotopic (exact) mass is 354 g/mol. The Bertz CT molecular complexity index is 885. The van der Waals surface area contributed by atoms with Gasteiger partial charge in [0.25, 0.3) is 0 Å². The smallest absolute Gasteiger partial charge is 0.244 e. The molecule has 0 aliphatic heterocycles. The van der Waals surface area contributed by atoms with Crippen molar-refractivity contribution in [1.29, 1.82) is 0 Å². The quantitative estimate of drug-likeness (QED) is 0.687. The number of nitrogens with one attached hydrogen (secondary N) is 1. The molecule has 3 aromatic rings. The number of aromatic nitrogens is 1. The summed E-state index contributed by atoms with van der Waals surface area (Å²) in [6.45, 7) is 0.401. The fraction of sp³-hybridized carbons (Fsp3) is 0.158. The SMILES string of the molecule is COc1ccc(OC)c(/C=C/C(=O)NCc2nc3ccccc3s2)c1. The number of carbonyl (C=O) groups is 1. The van der Waals surface area contributed by atoms with E-state index in [0.29, 0.717) is 18.0 Å². The van der Waals surface area contributed by atoms with E-state index in [-0.39, 0.29) is 5.91 Å². The van der Waals surface area contributed by atoms with Crippen molar-refractivity contribution >= 4 is 33.5 Å². The highest BCUT2D eigenvalue weighted by atomic mass is 32.1. The number of nitrogens with zero attached hydrogens (tertiary/aromatic N) is 1. The number of thiazole rings is 1. The summed E-state index contributed by atoms with van der Waals surface area (Å²) < 4.78 is 11.6. The lowest BCUT2D eigenvalue weighted by Crippen LogP contribution is -2.20. The Balaban J connectivity index is 1.65. The number of methoxy groups -OCH3 is 2. The van der Waals surface area contributed by atoms with Crippen LogP contribution in [0.1, 0.15) is 10.6 Å². The number of carbonyl (C=O) groups excluding carboxylic acids is 1. The number of rotatable bonds is 6. The molecule has 0 aliphatic carbocycles. The first-order valence-corrected chi connectivity index (χ1v) is 8.53. The third-order valence-corrected chi connectivity index (χ3v) is 4.64. The maximum atomic E-state index is 12.1. The molecule has 0 unspecified atom stereocenters. The van der Waals surface area contributed by atoms with Gasteiger partial charge in [-0.3, -0.25) is 4.79 Å². The maximum Gasteiger partial charge on any atom is 0.244 e. The zero-order chi connectivity index (χ0) is 17.6. The van der Waals surface area contributed by atoms with E-state index in [0.717, 1.165) is 20.8 Å². The van der Waals surface area contributed by atoms with Gasteiger partial charge >= 0.3 is 0 Å². The van der Waals surface area contributed by atoms with E-state index in [1.54, 1.807) is 37.7 Å². The minimum absolute atomic E-state index is 0.191. The Hall–Kier alpha value is -2.86. The fourth-order valence-electron chi connectivity index (χ4n) is 2.35. The highest BCUT2D eigenvalue weighted by Crippen LogP contribution is 2.25. The predicted octanol–water partition coefficient (Wildman–Crippen LogP) is 3.64. The number of benzene rings is 2. The molecule has 1 aromatic heterocycles. The summed E-state index contributed by atoms with van der Waals surface area (Å²) in [4.78, 5) is 16.6. The maximum absolute atomic E-state index is 12.1. The van der Waals surface area contributed by atoms with Crippen LogP contribution in [-0.2, 0) is 11.3 Å². The Kier molecular flexibility index (Phi) is 5.30. The van der Waals surface area contributed by atoms with Crippen LogP contribution in [0.2, 0.25) is 0 Å². The summed E-state index contributed by atoms with van der Waals surface area (Å²) in [6.07, 6.45) is 3.18. The molecule has 0 radical (unpaired) electrons. The molecule has 0 saturated carbocycles. The lowest BCUT2D eigenvalue weighted by molar-refractivity contribution is -0.116. The molecule has 2 aromatic carbocycles. The molecule has 0 fully saturated rings. The van der Waals surface area contributed by atoms with E-state index >= 15 is 0 Å².